The number of nitrogens with zero attached hydrogens (tertiary/aromatic N) is 2. The van der Waals surface area contributed by atoms with Crippen LogP contribution in [0.5, 0.6) is 0 Å². The Labute approximate surface area is 135 Å². The highest BCUT2D eigenvalue weighted by Crippen LogP contribution is 2.18. The molecule has 5 heteroatoms. The number of nitrogens with one attached hydrogen (secondary N) is 1. The molecule has 0 aromatic heterocycles. The van der Waals surface area contributed by atoms with Crippen LogP contribution in [0.2, 0.25) is 0 Å². The van der Waals surface area contributed by atoms with Crippen molar-refractivity contribution in [3.05, 3.63) is 0 Å². The quantitative estimate of drug-likeness (QED) is 0.765. The van der Waals surface area contributed by atoms with E-state index >= 15 is 0 Å². The zero-order valence-corrected chi connectivity index (χ0v) is 14.6. The average molecular weight is 311 g/mol. The van der Waals surface area contributed by atoms with E-state index in [1.807, 2.05) is 25.7 Å². The predicted octanol–water partition coefficient (Wildman–Crippen LogP) is 2.32. The first-order chi connectivity index (χ1) is 10.4. The van der Waals surface area contributed by atoms with Gasteiger partial charge in [-0.25, -0.2) is 4.79 Å². The average Bonchev–Trinajstić information content (AvgIpc) is 2.39. The van der Waals surface area contributed by atoms with Crippen LogP contribution in [0, 0.1) is 5.92 Å². The van der Waals surface area contributed by atoms with Gasteiger partial charge in [0.05, 0.1) is 0 Å². The minimum Gasteiger partial charge on any atom is -0.444 e. The van der Waals surface area contributed by atoms with Gasteiger partial charge in [0.15, 0.2) is 0 Å². The van der Waals surface area contributed by atoms with Crippen molar-refractivity contribution in [2.24, 2.45) is 5.92 Å². The number of piperidine rings is 1. The number of ether oxygens (including phenoxy) is 1. The van der Waals surface area contributed by atoms with Gasteiger partial charge >= 0.3 is 6.09 Å². The molecule has 0 aromatic rings. The maximum atomic E-state index is 12.1. The van der Waals surface area contributed by atoms with E-state index in [1.54, 1.807) is 0 Å². The van der Waals surface area contributed by atoms with Crippen molar-refractivity contribution in [3.8, 4) is 0 Å². The molecule has 1 N–H and O–H groups in total. The standard InChI is InChI=1S/C17H33N3O2/c1-17(2,3)22-16(21)20-12-4-7-15(14-20)13-18-8-5-9-19-10-6-11-19/h15,18H,4-14H2,1-3H3/t15-/m0/s1. The summed E-state index contributed by atoms with van der Waals surface area (Å²) in [6.45, 7) is 13.3. The van der Waals surface area contributed by atoms with E-state index in [2.05, 4.69) is 10.2 Å². The number of rotatable bonds is 6. The van der Waals surface area contributed by atoms with Crippen molar-refractivity contribution in [2.45, 2.75) is 52.1 Å². The van der Waals surface area contributed by atoms with Gasteiger partial charge in [-0.3, -0.25) is 0 Å². The Balaban J connectivity index is 1.59. The Hall–Kier alpha value is -0.810. The summed E-state index contributed by atoms with van der Waals surface area (Å²) in [5, 5.41) is 3.56. The summed E-state index contributed by atoms with van der Waals surface area (Å²) in [5.74, 6) is 0.560. The fourth-order valence-corrected chi connectivity index (χ4v) is 3.06. The first-order valence-electron chi connectivity index (χ1n) is 8.85. The minimum absolute atomic E-state index is 0.157. The van der Waals surface area contributed by atoms with Gasteiger partial charge in [0, 0.05) is 13.1 Å². The number of carbonyl (C=O) groups is 1. The summed E-state index contributed by atoms with van der Waals surface area (Å²) in [6, 6.07) is 0. The lowest BCUT2D eigenvalue weighted by Crippen LogP contribution is -2.45. The summed E-state index contributed by atoms with van der Waals surface area (Å²) in [6.07, 6.45) is 4.73. The van der Waals surface area contributed by atoms with Gasteiger partial charge in [0.25, 0.3) is 0 Å². The zero-order valence-electron chi connectivity index (χ0n) is 14.6. The molecule has 0 aromatic carbocycles. The molecule has 2 aliphatic rings. The molecule has 1 atom stereocenters. The van der Waals surface area contributed by atoms with E-state index in [4.69, 9.17) is 4.74 Å². The number of carbonyl (C=O) groups excluding carboxylic acids is 1. The summed E-state index contributed by atoms with van der Waals surface area (Å²) in [7, 11) is 0. The lowest BCUT2D eigenvalue weighted by atomic mass is 9.98. The molecule has 128 valence electrons. The van der Waals surface area contributed by atoms with E-state index in [0.29, 0.717) is 5.92 Å². The van der Waals surface area contributed by atoms with Crippen molar-refractivity contribution in [1.29, 1.82) is 0 Å². The van der Waals surface area contributed by atoms with Gasteiger partial charge in [-0.15, -0.1) is 0 Å². The van der Waals surface area contributed by atoms with Crippen LogP contribution in [0.25, 0.3) is 0 Å². The van der Waals surface area contributed by atoms with Crippen LogP contribution < -0.4 is 5.32 Å². The Morgan fingerprint density at radius 1 is 1.23 bits per heavy atom. The second kappa shape index (κ2) is 8.16. The number of amides is 1. The van der Waals surface area contributed by atoms with Crippen LogP contribution >= 0.6 is 0 Å². The van der Waals surface area contributed by atoms with Gasteiger partial charge in [-0.2, -0.15) is 0 Å². The fraction of sp³-hybridized carbons (Fsp3) is 0.941. The summed E-state index contributed by atoms with van der Waals surface area (Å²) >= 11 is 0. The van der Waals surface area contributed by atoms with Gasteiger partial charge in [0.1, 0.15) is 5.60 Å². The van der Waals surface area contributed by atoms with Crippen molar-refractivity contribution >= 4 is 6.09 Å². The van der Waals surface area contributed by atoms with Crippen molar-refractivity contribution in [1.82, 2.24) is 15.1 Å². The first kappa shape index (κ1) is 17.5. The third kappa shape index (κ3) is 6.13. The third-order valence-corrected chi connectivity index (χ3v) is 4.38. The maximum absolute atomic E-state index is 12.1. The summed E-state index contributed by atoms with van der Waals surface area (Å²) < 4.78 is 5.47. The van der Waals surface area contributed by atoms with Crippen LogP contribution in [0.4, 0.5) is 4.79 Å². The lowest BCUT2D eigenvalue weighted by Gasteiger charge is -2.34. The fourth-order valence-electron chi connectivity index (χ4n) is 3.06. The second-order valence-corrected chi connectivity index (χ2v) is 7.69. The monoisotopic (exact) mass is 311 g/mol. The molecule has 0 radical (unpaired) electrons. The lowest BCUT2D eigenvalue weighted by molar-refractivity contribution is 0.0166. The predicted molar refractivity (Wildman–Crippen MR) is 89.1 cm³/mol. The maximum Gasteiger partial charge on any atom is 0.410 e. The largest absolute Gasteiger partial charge is 0.444 e. The van der Waals surface area contributed by atoms with E-state index < -0.39 is 5.60 Å². The molecule has 2 saturated heterocycles. The van der Waals surface area contributed by atoms with E-state index in [-0.39, 0.29) is 6.09 Å². The summed E-state index contributed by atoms with van der Waals surface area (Å²) in [4.78, 5) is 16.5. The molecule has 0 saturated carbocycles. The van der Waals surface area contributed by atoms with E-state index in [0.717, 1.165) is 32.6 Å². The van der Waals surface area contributed by atoms with Crippen LogP contribution in [0.15, 0.2) is 0 Å². The molecular weight excluding hydrogens is 278 g/mol. The molecule has 22 heavy (non-hydrogen) atoms. The molecule has 0 spiro atoms. The number of likely N-dealkylation sites (tertiary alicyclic amines) is 2. The smallest absolute Gasteiger partial charge is 0.410 e. The molecule has 0 aliphatic carbocycles. The van der Waals surface area contributed by atoms with E-state index in [9.17, 15) is 4.79 Å². The normalized spacial score (nSPS) is 23.2. The Bertz CT molecular complexity index is 350. The second-order valence-electron chi connectivity index (χ2n) is 7.69. The number of hydrogen-bond acceptors (Lipinski definition) is 4. The van der Waals surface area contributed by atoms with Crippen molar-refractivity contribution in [3.63, 3.8) is 0 Å². The van der Waals surface area contributed by atoms with E-state index in [1.165, 1.54) is 38.9 Å². The van der Waals surface area contributed by atoms with Crippen LogP contribution in [-0.4, -0.2) is 67.3 Å². The van der Waals surface area contributed by atoms with Crippen LogP contribution in [0.3, 0.4) is 0 Å². The molecule has 2 rings (SSSR count). The van der Waals surface area contributed by atoms with Gasteiger partial charge in [0.2, 0.25) is 0 Å². The van der Waals surface area contributed by atoms with Crippen LogP contribution in [0.1, 0.15) is 46.5 Å². The minimum atomic E-state index is -0.404. The first-order valence-corrected chi connectivity index (χ1v) is 8.85. The molecule has 0 unspecified atom stereocenters. The highest BCUT2D eigenvalue weighted by atomic mass is 16.6. The highest BCUT2D eigenvalue weighted by Gasteiger charge is 2.27. The van der Waals surface area contributed by atoms with Crippen LogP contribution in [-0.2, 0) is 4.74 Å². The number of hydrogen-bond donors (Lipinski definition) is 1. The molecule has 2 heterocycles. The zero-order chi connectivity index (χ0) is 16.0. The van der Waals surface area contributed by atoms with Crippen molar-refractivity contribution in [2.75, 3.05) is 45.8 Å². The molecular formula is C17H33N3O2. The molecule has 1 amide bonds. The highest BCUT2D eigenvalue weighted by molar-refractivity contribution is 5.68. The molecule has 2 fully saturated rings. The summed E-state index contributed by atoms with van der Waals surface area (Å²) in [5.41, 5.74) is -0.404. The van der Waals surface area contributed by atoms with Gasteiger partial charge < -0.3 is 19.9 Å². The third-order valence-electron chi connectivity index (χ3n) is 4.38. The molecule has 2 aliphatic heterocycles. The molecule has 0 bridgehead atoms. The molecule has 5 nitrogen and oxygen atoms in total. The Morgan fingerprint density at radius 2 is 2.00 bits per heavy atom. The van der Waals surface area contributed by atoms with Gasteiger partial charge in [-0.05, 0) is 85.1 Å². The van der Waals surface area contributed by atoms with Crippen molar-refractivity contribution < 1.29 is 9.53 Å². The Morgan fingerprint density at radius 3 is 2.64 bits per heavy atom. The topological polar surface area (TPSA) is 44.8 Å². The SMILES string of the molecule is CC(C)(C)OC(=O)N1CCC[C@@H](CNCCCN2CCC2)C1. The Kier molecular flexibility index (Phi) is 6.50. The van der Waals surface area contributed by atoms with Gasteiger partial charge in [-0.1, -0.05) is 0 Å².